The van der Waals surface area contributed by atoms with E-state index in [1.54, 1.807) is 44.2 Å². The largest absolute Gasteiger partial charge is 0.463 e. The van der Waals surface area contributed by atoms with E-state index in [1.165, 1.54) is 12.5 Å². The van der Waals surface area contributed by atoms with Crippen LogP contribution in [-0.4, -0.2) is 12.1 Å². The molecule has 1 aromatic carbocycles. The van der Waals surface area contributed by atoms with Gasteiger partial charge in [0.25, 0.3) is 5.91 Å². The summed E-state index contributed by atoms with van der Waals surface area (Å²) >= 11 is 0. The lowest BCUT2D eigenvalue weighted by Gasteiger charge is -2.16. The van der Waals surface area contributed by atoms with Gasteiger partial charge in [0, 0.05) is 5.56 Å². The molecule has 0 fully saturated rings. The highest BCUT2D eigenvalue weighted by Gasteiger charge is 2.20. The second-order valence-electron chi connectivity index (χ2n) is 5.03. The van der Waals surface area contributed by atoms with E-state index in [2.05, 4.69) is 16.6 Å². The van der Waals surface area contributed by atoms with Crippen LogP contribution in [0.25, 0.3) is 0 Å². The maximum Gasteiger partial charge on any atom is 0.271 e. The number of nitrogens with zero attached hydrogens (tertiary/aromatic N) is 2. The van der Waals surface area contributed by atoms with E-state index < -0.39 is 5.41 Å². The minimum atomic E-state index is -0.645. The Kier molecular flexibility index (Phi) is 4.19. The zero-order chi connectivity index (χ0) is 15.3. The van der Waals surface area contributed by atoms with Gasteiger partial charge >= 0.3 is 0 Å². The molecule has 0 bridgehead atoms. The van der Waals surface area contributed by atoms with Gasteiger partial charge in [-0.1, -0.05) is 12.1 Å². The molecule has 1 amide bonds. The Bertz CT molecular complexity index is 695. The fourth-order valence-electron chi connectivity index (χ4n) is 1.70. The Balaban J connectivity index is 2.10. The topological polar surface area (TPSA) is 78.4 Å². The molecule has 2 rings (SSSR count). The van der Waals surface area contributed by atoms with Crippen molar-refractivity contribution in [2.75, 3.05) is 0 Å². The molecule has 1 N–H and O–H groups in total. The van der Waals surface area contributed by atoms with E-state index in [0.717, 1.165) is 5.56 Å². The first kappa shape index (κ1) is 14.5. The van der Waals surface area contributed by atoms with Gasteiger partial charge in [-0.2, -0.15) is 10.4 Å². The molecule has 106 valence electrons. The van der Waals surface area contributed by atoms with Crippen molar-refractivity contribution in [1.29, 1.82) is 5.26 Å². The number of carbonyl (C=O) groups is 1. The highest BCUT2D eigenvalue weighted by molar-refractivity contribution is 5.94. The lowest BCUT2D eigenvalue weighted by atomic mass is 9.85. The second-order valence-corrected chi connectivity index (χ2v) is 5.03. The Morgan fingerprint density at radius 1 is 1.38 bits per heavy atom. The molecule has 0 saturated carbocycles. The zero-order valence-corrected chi connectivity index (χ0v) is 11.8. The highest BCUT2D eigenvalue weighted by Crippen LogP contribution is 2.22. The van der Waals surface area contributed by atoms with E-state index in [-0.39, 0.29) is 5.91 Å². The predicted octanol–water partition coefficient (Wildman–Crippen LogP) is 2.84. The number of nitrogens with one attached hydrogen (secondary N) is 1. The number of amides is 1. The number of furan rings is 1. The highest BCUT2D eigenvalue weighted by atomic mass is 16.3. The molecule has 5 nitrogen and oxygen atoms in total. The molecule has 0 aliphatic carbocycles. The van der Waals surface area contributed by atoms with Gasteiger partial charge < -0.3 is 4.42 Å². The second kappa shape index (κ2) is 6.06. The Morgan fingerprint density at radius 2 is 2.19 bits per heavy atom. The number of nitriles is 1. The van der Waals surface area contributed by atoms with E-state index in [1.807, 2.05) is 6.07 Å². The monoisotopic (exact) mass is 281 g/mol. The summed E-state index contributed by atoms with van der Waals surface area (Å²) in [4.78, 5) is 12.0. The summed E-state index contributed by atoms with van der Waals surface area (Å²) in [5.41, 5.74) is 3.01. The summed E-state index contributed by atoms with van der Waals surface area (Å²) in [5, 5.41) is 13.0. The van der Waals surface area contributed by atoms with Crippen molar-refractivity contribution < 1.29 is 9.21 Å². The fraction of sp³-hybridized carbons (Fsp3) is 0.188. The van der Waals surface area contributed by atoms with Crippen LogP contribution >= 0.6 is 0 Å². The maximum atomic E-state index is 12.0. The summed E-state index contributed by atoms with van der Waals surface area (Å²) in [6.45, 7) is 3.61. The molecule has 1 heterocycles. The van der Waals surface area contributed by atoms with Crippen LogP contribution in [0.4, 0.5) is 0 Å². The first-order chi connectivity index (χ1) is 10.0. The van der Waals surface area contributed by atoms with Crippen LogP contribution in [0.3, 0.4) is 0 Å². The summed E-state index contributed by atoms with van der Waals surface area (Å²) in [6, 6.07) is 12.6. The smallest absolute Gasteiger partial charge is 0.271 e. The third-order valence-electron chi connectivity index (χ3n) is 3.03. The molecule has 2 aromatic rings. The average Bonchev–Trinajstić information content (AvgIpc) is 3.00. The Hall–Kier alpha value is -2.87. The van der Waals surface area contributed by atoms with E-state index >= 15 is 0 Å². The Morgan fingerprint density at radius 3 is 2.86 bits per heavy atom. The SMILES string of the molecule is CC(C)(C#N)c1cccc(C(=O)NN=Cc2ccco2)c1. The van der Waals surface area contributed by atoms with Crippen molar-refractivity contribution in [3.8, 4) is 6.07 Å². The van der Waals surface area contributed by atoms with Crippen LogP contribution in [-0.2, 0) is 5.41 Å². The van der Waals surface area contributed by atoms with Gasteiger partial charge in [0.15, 0.2) is 0 Å². The van der Waals surface area contributed by atoms with E-state index in [9.17, 15) is 4.79 Å². The molecule has 0 aliphatic rings. The standard InChI is InChI=1S/C16H15N3O2/c1-16(2,11-17)13-6-3-5-12(9-13)15(20)19-18-10-14-7-4-8-21-14/h3-10H,1-2H3,(H,19,20). The number of hydrogen-bond donors (Lipinski definition) is 1. The van der Waals surface area contributed by atoms with Gasteiger partial charge in [0.05, 0.1) is 24.0 Å². The summed E-state index contributed by atoms with van der Waals surface area (Å²) < 4.78 is 5.06. The molecule has 0 saturated heterocycles. The van der Waals surface area contributed by atoms with Gasteiger partial charge in [-0.05, 0) is 43.7 Å². The van der Waals surface area contributed by atoms with Crippen LogP contribution < -0.4 is 5.43 Å². The van der Waals surface area contributed by atoms with Crippen molar-refractivity contribution in [2.45, 2.75) is 19.3 Å². The molecule has 0 radical (unpaired) electrons. The normalized spacial score (nSPS) is 11.3. The first-order valence-electron chi connectivity index (χ1n) is 6.41. The Labute approximate surface area is 122 Å². The van der Waals surface area contributed by atoms with Gasteiger partial charge in [-0.3, -0.25) is 4.79 Å². The lowest BCUT2D eigenvalue weighted by molar-refractivity contribution is 0.0955. The van der Waals surface area contributed by atoms with Crippen LogP contribution in [0.2, 0.25) is 0 Å². The van der Waals surface area contributed by atoms with Crippen LogP contribution in [0, 0.1) is 11.3 Å². The third kappa shape index (κ3) is 3.57. The van der Waals surface area contributed by atoms with Crippen molar-refractivity contribution in [2.24, 2.45) is 5.10 Å². The number of carbonyl (C=O) groups excluding carboxylic acids is 1. The minimum absolute atomic E-state index is 0.339. The summed E-state index contributed by atoms with van der Waals surface area (Å²) in [7, 11) is 0. The van der Waals surface area contributed by atoms with Crippen molar-refractivity contribution in [3.63, 3.8) is 0 Å². The van der Waals surface area contributed by atoms with E-state index in [4.69, 9.17) is 9.68 Å². The molecule has 0 atom stereocenters. The van der Waals surface area contributed by atoms with Gasteiger partial charge in [0.2, 0.25) is 0 Å². The van der Waals surface area contributed by atoms with E-state index in [0.29, 0.717) is 11.3 Å². The third-order valence-corrected chi connectivity index (χ3v) is 3.03. The van der Waals surface area contributed by atoms with Crippen molar-refractivity contribution >= 4 is 12.1 Å². The molecular weight excluding hydrogens is 266 g/mol. The number of benzene rings is 1. The van der Waals surface area contributed by atoms with Crippen LogP contribution in [0.1, 0.15) is 35.5 Å². The van der Waals surface area contributed by atoms with Gasteiger partial charge in [0.1, 0.15) is 5.76 Å². The van der Waals surface area contributed by atoms with Crippen molar-refractivity contribution in [3.05, 3.63) is 59.5 Å². The maximum absolute atomic E-state index is 12.0. The minimum Gasteiger partial charge on any atom is -0.463 e. The number of rotatable bonds is 4. The molecule has 1 aromatic heterocycles. The summed E-state index contributed by atoms with van der Waals surface area (Å²) in [6.07, 6.45) is 2.94. The fourth-order valence-corrected chi connectivity index (χ4v) is 1.70. The van der Waals surface area contributed by atoms with Crippen LogP contribution in [0.15, 0.2) is 52.2 Å². The molecular formula is C16H15N3O2. The van der Waals surface area contributed by atoms with Crippen LogP contribution in [0.5, 0.6) is 0 Å². The number of hydrogen-bond acceptors (Lipinski definition) is 4. The average molecular weight is 281 g/mol. The summed E-state index contributed by atoms with van der Waals surface area (Å²) in [5.74, 6) is 0.211. The molecule has 0 aliphatic heterocycles. The van der Waals surface area contributed by atoms with Gasteiger partial charge in [-0.25, -0.2) is 5.43 Å². The molecule has 0 unspecified atom stereocenters. The quantitative estimate of drug-likeness (QED) is 0.691. The van der Waals surface area contributed by atoms with Crippen molar-refractivity contribution in [1.82, 2.24) is 5.43 Å². The molecule has 21 heavy (non-hydrogen) atoms. The molecule has 5 heteroatoms. The zero-order valence-electron chi connectivity index (χ0n) is 11.8. The number of hydrazone groups is 1. The first-order valence-corrected chi connectivity index (χ1v) is 6.41. The predicted molar refractivity (Wildman–Crippen MR) is 78.8 cm³/mol. The molecule has 0 spiro atoms. The van der Waals surface area contributed by atoms with Gasteiger partial charge in [-0.15, -0.1) is 0 Å². The lowest BCUT2D eigenvalue weighted by Crippen LogP contribution is -2.19.